The second-order valence-electron chi connectivity index (χ2n) is 7.21. The molecule has 0 bridgehead atoms. The molecule has 0 amide bonds. The number of carbonyl (C=O) groups excluding carboxylic acids is 1. The van der Waals surface area contributed by atoms with E-state index in [2.05, 4.69) is 24.8 Å². The van der Waals surface area contributed by atoms with Crippen molar-refractivity contribution in [2.45, 2.75) is 33.6 Å². The summed E-state index contributed by atoms with van der Waals surface area (Å²) in [6, 6.07) is 13.3. The summed E-state index contributed by atoms with van der Waals surface area (Å²) in [6.07, 6.45) is 6.59. The van der Waals surface area contributed by atoms with E-state index in [0.717, 1.165) is 54.4 Å². The van der Waals surface area contributed by atoms with Crippen LogP contribution in [0.4, 0.5) is 5.69 Å². The fourth-order valence-electron chi connectivity index (χ4n) is 3.52. The number of fused-ring (bicyclic) bond motifs is 1. The Bertz CT molecular complexity index is 1070. The van der Waals surface area contributed by atoms with Crippen molar-refractivity contribution < 1.29 is 9.21 Å². The lowest BCUT2D eigenvalue weighted by molar-refractivity contribution is 0.112. The summed E-state index contributed by atoms with van der Waals surface area (Å²) in [5.74, 6) is 0. The van der Waals surface area contributed by atoms with Crippen molar-refractivity contribution in [3.05, 3.63) is 75.1 Å². The fourth-order valence-corrected chi connectivity index (χ4v) is 3.52. The molecule has 0 aliphatic carbocycles. The quantitative estimate of drug-likeness (QED) is 0.366. The smallest absolute Gasteiger partial charge is 0.343 e. The SMILES string of the molecule is CCCN(CCC)c1ccc2c(C)c(C=Cc3ccc(C=O)cc3)c(=O)oc2c1. The van der Waals surface area contributed by atoms with Gasteiger partial charge in [0.25, 0.3) is 0 Å². The summed E-state index contributed by atoms with van der Waals surface area (Å²) >= 11 is 0. The number of aldehydes is 1. The third kappa shape index (κ3) is 4.65. The molecule has 0 aliphatic rings. The average Bonchev–Trinajstić information content (AvgIpc) is 2.73. The molecule has 29 heavy (non-hydrogen) atoms. The topological polar surface area (TPSA) is 50.5 Å². The van der Waals surface area contributed by atoms with Gasteiger partial charge in [0.2, 0.25) is 0 Å². The highest BCUT2D eigenvalue weighted by atomic mass is 16.4. The van der Waals surface area contributed by atoms with Crippen molar-refractivity contribution in [2.24, 2.45) is 0 Å². The second kappa shape index (κ2) is 9.37. The minimum absolute atomic E-state index is 0.342. The molecule has 1 heterocycles. The molecule has 0 saturated carbocycles. The highest BCUT2D eigenvalue weighted by Gasteiger charge is 2.12. The van der Waals surface area contributed by atoms with Crippen LogP contribution in [0.2, 0.25) is 0 Å². The molecule has 4 heteroatoms. The highest BCUT2D eigenvalue weighted by molar-refractivity contribution is 5.87. The number of hydrogen-bond acceptors (Lipinski definition) is 4. The molecule has 0 saturated heterocycles. The van der Waals surface area contributed by atoms with Crippen LogP contribution in [0.3, 0.4) is 0 Å². The third-order valence-electron chi connectivity index (χ3n) is 5.06. The molecule has 0 unspecified atom stereocenters. The first-order chi connectivity index (χ1) is 14.1. The van der Waals surface area contributed by atoms with E-state index in [-0.39, 0.29) is 5.63 Å². The van der Waals surface area contributed by atoms with Crippen molar-refractivity contribution in [2.75, 3.05) is 18.0 Å². The summed E-state index contributed by atoms with van der Waals surface area (Å²) in [5.41, 5.74) is 4.35. The highest BCUT2D eigenvalue weighted by Crippen LogP contribution is 2.26. The van der Waals surface area contributed by atoms with Crippen LogP contribution in [-0.2, 0) is 0 Å². The van der Waals surface area contributed by atoms with Gasteiger partial charge in [-0.25, -0.2) is 4.79 Å². The Kier molecular flexibility index (Phi) is 6.65. The van der Waals surface area contributed by atoms with Crippen LogP contribution in [0.1, 0.15) is 53.7 Å². The largest absolute Gasteiger partial charge is 0.422 e. The van der Waals surface area contributed by atoms with E-state index in [1.165, 1.54) is 0 Å². The third-order valence-corrected chi connectivity index (χ3v) is 5.06. The molecule has 2 aromatic carbocycles. The zero-order chi connectivity index (χ0) is 20.8. The lowest BCUT2D eigenvalue weighted by atomic mass is 10.0. The molecule has 0 radical (unpaired) electrons. The summed E-state index contributed by atoms with van der Waals surface area (Å²) in [6.45, 7) is 8.24. The molecule has 4 nitrogen and oxygen atoms in total. The van der Waals surface area contributed by atoms with Crippen LogP contribution in [0.5, 0.6) is 0 Å². The van der Waals surface area contributed by atoms with Crippen LogP contribution >= 0.6 is 0 Å². The average molecular weight is 389 g/mol. The zero-order valence-electron chi connectivity index (χ0n) is 17.3. The fraction of sp³-hybridized carbons (Fsp3) is 0.280. The Labute approximate surface area is 171 Å². The maximum atomic E-state index is 12.6. The molecule has 0 fully saturated rings. The van der Waals surface area contributed by atoms with Gasteiger partial charge in [-0.3, -0.25) is 4.79 Å². The molecule has 1 aromatic heterocycles. The Morgan fingerprint density at radius 2 is 1.59 bits per heavy atom. The molecule has 3 rings (SSSR count). The van der Waals surface area contributed by atoms with E-state index < -0.39 is 0 Å². The Hall–Kier alpha value is -3.14. The number of carbonyl (C=O) groups is 1. The standard InChI is InChI=1S/C25H27NO3/c1-4-14-26(15-5-2)21-11-13-22-18(3)23(25(28)29-24(22)16-21)12-10-19-6-8-20(17-27)9-7-19/h6-13,16-17H,4-5,14-15H2,1-3H3. The molecule has 0 N–H and O–H groups in total. The Morgan fingerprint density at radius 3 is 2.21 bits per heavy atom. The second-order valence-corrected chi connectivity index (χ2v) is 7.21. The maximum Gasteiger partial charge on any atom is 0.343 e. The molecule has 3 aromatic rings. The molecule has 0 aliphatic heterocycles. The number of hydrogen-bond donors (Lipinski definition) is 0. The minimum Gasteiger partial charge on any atom is -0.422 e. The van der Waals surface area contributed by atoms with Crippen LogP contribution in [0.25, 0.3) is 23.1 Å². The summed E-state index contributed by atoms with van der Waals surface area (Å²) in [4.78, 5) is 25.7. The summed E-state index contributed by atoms with van der Waals surface area (Å²) < 4.78 is 5.67. The molecule has 150 valence electrons. The van der Waals surface area contributed by atoms with Gasteiger partial charge in [0.05, 0.1) is 5.56 Å². The first-order valence-corrected chi connectivity index (χ1v) is 10.1. The van der Waals surface area contributed by atoms with Crippen LogP contribution in [0.15, 0.2) is 51.7 Å². The Balaban J connectivity index is 1.97. The number of aryl methyl sites for hydroxylation is 1. The number of anilines is 1. The number of benzene rings is 2. The van der Waals surface area contributed by atoms with Crippen LogP contribution < -0.4 is 10.5 Å². The van der Waals surface area contributed by atoms with Gasteiger partial charge in [-0.05, 0) is 49.1 Å². The van der Waals surface area contributed by atoms with Crippen LogP contribution in [0, 0.1) is 6.92 Å². The lowest BCUT2D eigenvalue weighted by Gasteiger charge is -2.24. The van der Waals surface area contributed by atoms with Gasteiger partial charge in [-0.2, -0.15) is 0 Å². The van der Waals surface area contributed by atoms with E-state index in [1.54, 1.807) is 18.2 Å². The van der Waals surface area contributed by atoms with E-state index in [4.69, 9.17) is 4.42 Å². The van der Waals surface area contributed by atoms with Gasteiger partial charge in [0.1, 0.15) is 11.9 Å². The van der Waals surface area contributed by atoms with E-state index in [0.29, 0.717) is 16.7 Å². The molecular weight excluding hydrogens is 362 g/mol. The molecule has 0 spiro atoms. The van der Waals surface area contributed by atoms with Gasteiger partial charge in [-0.1, -0.05) is 44.2 Å². The van der Waals surface area contributed by atoms with Crippen molar-refractivity contribution in [1.29, 1.82) is 0 Å². The van der Waals surface area contributed by atoms with Crippen molar-refractivity contribution in [3.63, 3.8) is 0 Å². The monoisotopic (exact) mass is 389 g/mol. The van der Waals surface area contributed by atoms with Gasteiger partial charge in [0.15, 0.2) is 0 Å². The normalized spacial score (nSPS) is 11.3. The predicted octanol–water partition coefficient (Wildman–Crippen LogP) is 5.71. The van der Waals surface area contributed by atoms with Gasteiger partial charge >= 0.3 is 5.63 Å². The van der Waals surface area contributed by atoms with Crippen molar-refractivity contribution in [1.82, 2.24) is 0 Å². The van der Waals surface area contributed by atoms with E-state index in [1.807, 2.05) is 37.3 Å². The van der Waals surface area contributed by atoms with Gasteiger partial charge in [0, 0.05) is 35.8 Å². The van der Waals surface area contributed by atoms with E-state index in [9.17, 15) is 9.59 Å². The van der Waals surface area contributed by atoms with Gasteiger partial charge in [-0.15, -0.1) is 0 Å². The molecule has 0 atom stereocenters. The number of nitrogens with zero attached hydrogens (tertiary/aromatic N) is 1. The van der Waals surface area contributed by atoms with Crippen molar-refractivity contribution in [3.8, 4) is 0 Å². The lowest BCUT2D eigenvalue weighted by Crippen LogP contribution is -2.24. The maximum absolute atomic E-state index is 12.6. The predicted molar refractivity (Wildman–Crippen MR) is 121 cm³/mol. The molecular formula is C25H27NO3. The summed E-state index contributed by atoms with van der Waals surface area (Å²) in [7, 11) is 0. The Morgan fingerprint density at radius 1 is 0.931 bits per heavy atom. The van der Waals surface area contributed by atoms with Gasteiger partial charge < -0.3 is 9.32 Å². The minimum atomic E-state index is -0.342. The number of rotatable bonds is 8. The zero-order valence-corrected chi connectivity index (χ0v) is 17.3. The first-order valence-electron chi connectivity index (χ1n) is 10.1. The van der Waals surface area contributed by atoms with E-state index >= 15 is 0 Å². The first kappa shape index (κ1) is 20.6. The summed E-state index contributed by atoms with van der Waals surface area (Å²) in [5, 5.41) is 0.942. The van der Waals surface area contributed by atoms with Crippen LogP contribution in [-0.4, -0.2) is 19.4 Å². The van der Waals surface area contributed by atoms with Crippen molar-refractivity contribution >= 4 is 35.1 Å².